The van der Waals surface area contributed by atoms with E-state index in [0.29, 0.717) is 28.3 Å². The number of carbonyl (C=O) groups excluding carboxylic acids is 2. The number of nitrogens with zero attached hydrogens (tertiary/aromatic N) is 1. The Balaban J connectivity index is 2.18. The Morgan fingerprint density at radius 1 is 1.25 bits per heavy atom. The lowest BCUT2D eigenvalue weighted by Crippen LogP contribution is -2.49. The number of rotatable bonds is 8. The summed E-state index contributed by atoms with van der Waals surface area (Å²) in [4.78, 5) is 26.8. The van der Waals surface area contributed by atoms with Crippen LogP contribution >= 0.6 is 27.5 Å². The minimum absolute atomic E-state index is 0.185. The van der Waals surface area contributed by atoms with Crippen LogP contribution in [0.1, 0.15) is 25.0 Å². The summed E-state index contributed by atoms with van der Waals surface area (Å²) >= 11 is 9.31. The molecule has 2 rings (SSSR count). The molecule has 1 N–H and O–H groups in total. The van der Waals surface area contributed by atoms with Gasteiger partial charge in [-0.15, -0.1) is 0 Å². The monoisotopic (exact) mass is 466 g/mol. The summed E-state index contributed by atoms with van der Waals surface area (Å²) in [5.74, 6) is 0.0419. The molecule has 7 heteroatoms. The first kappa shape index (κ1) is 22.2. The van der Waals surface area contributed by atoms with Crippen molar-refractivity contribution in [3.8, 4) is 5.75 Å². The summed E-state index contributed by atoms with van der Waals surface area (Å²) in [6, 6.07) is 12.3. The standard InChI is InChI=1S/C21H24BrClN2O3/c1-4-24-21(27)15(3)25(12-16-8-6-5-7-14(16)2)20(26)13-28-19-10-9-17(23)11-18(19)22/h5-11,15H,4,12-13H2,1-3H3,(H,24,27)/t15-/m0/s1. The first-order valence-corrected chi connectivity index (χ1v) is 10.2. The van der Waals surface area contributed by atoms with Crippen molar-refractivity contribution in [1.82, 2.24) is 10.2 Å². The van der Waals surface area contributed by atoms with Crippen LogP contribution in [-0.2, 0) is 16.1 Å². The second kappa shape index (κ2) is 10.5. The molecule has 28 heavy (non-hydrogen) atoms. The molecule has 150 valence electrons. The Hall–Kier alpha value is -2.05. The van der Waals surface area contributed by atoms with Gasteiger partial charge < -0.3 is 15.0 Å². The summed E-state index contributed by atoms with van der Waals surface area (Å²) in [6.45, 7) is 6.20. The first-order chi connectivity index (χ1) is 13.3. The van der Waals surface area contributed by atoms with Gasteiger partial charge in [0.25, 0.3) is 5.91 Å². The zero-order valence-electron chi connectivity index (χ0n) is 16.2. The predicted octanol–water partition coefficient (Wildman–Crippen LogP) is 4.34. The lowest BCUT2D eigenvalue weighted by molar-refractivity contribution is -0.142. The van der Waals surface area contributed by atoms with Gasteiger partial charge in [0, 0.05) is 18.1 Å². The highest BCUT2D eigenvalue weighted by atomic mass is 79.9. The van der Waals surface area contributed by atoms with E-state index in [2.05, 4.69) is 21.2 Å². The molecule has 0 bridgehead atoms. The maximum atomic E-state index is 12.9. The lowest BCUT2D eigenvalue weighted by Gasteiger charge is -2.29. The van der Waals surface area contributed by atoms with E-state index in [0.717, 1.165) is 11.1 Å². The van der Waals surface area contributed by atoms with Crippen LogP contribution in [0.2, 0.25) is 5.02 Å². The molecule has 0 fully saturated rings. The van der Waals surface area contributed by atoms with Crippen LogP contribution in [0, 0.1) is 6.92 Å². The third-order valence-corrected chi connectivity index (χ3v) is 5.22. The van der Waals surface area contributed by atoms with Crippen LogP contribution in [0.25, 0.3) is 0 Å². The van der Waals surface area contributed by atoms with Crippen LogP contribution in [0.5, 0.6) is 5.75 Å². The number of ether oxygens (including phenoxy) is 1. The van der Waals surface area contributed by atoms with E-state index < -0.39 is 6.04 Å². The van der Waals surface area contributed by atoms with Gasteiger partial charge >= 0.3 is 0 Å². The molecule has 1 atom stereocenters. The maximum Gasteiger partial charge on any atom is 0.261 e. The summed E-state index contributed by atoms with van der Waals surface area (Å²) in [6.07, 6.45) is 0. The number of hydrogen-bond donors (Lipinski definition) is 1. The number of halogens is 2. The Bertz CT molecular complexity index is 844. The molecule has 0 aromatic heterocycles. The molecule has 2 aromatic rings. The summed E-state index contributed by atoms with van der Waals surface area (Å²) in [7, 11) is 0. The first-order valence-electron chi connectivity index (χ1n) is 9.03. The van der Waals surface area contributed by atoms with Gasteiger partial charge in [0.05, 0.1) is 4.47 Å². The van der Waals surface area contributed by atoms with Crippen LogP contribution in [0.3, 0.4) is 0 Å². The highest BCUT2D eigenvalue weighted by Crippen LogP contribution is 2.28. The molecule has 0 spiro atoms. The van der Waals surface area contributed by atoms with Gasteiger partial charge in [0.15, 0.2) is 6.61 Å². The van der Waals surface area contributed by atoms with Gasteiger partial charge in [-0.05, 0) is 66.0 Å². The zero-order valence-corrected chi connectivity index (χ0v) is 18.5. The van der Waals surface area contributed by atoms with Gasteiger partial charge in [0.1, 0.15) is 11.8 Å². The second-order valence-corrected chi connectivity index (χ2v) is 7.67. The van der Waals surface area contributed by atoms with E-state index in [4.69, 9.17) is 16.3 Å². The van der Waals surface area contributed by atoms with Crippen molar-refractivity contribution in [2.45, 2.75) is 33.4 Å². The van der Waals surface area contributed by atoms with Gasteiger partial charge in [-0.2, -0.15) is 0 Å². The van der Waals surface area contributed by atoms with Crippen molar-refractivity contribution in [3.63, 3.8) is 0 Å². The third-order valence-electron chi connectivity index (χ3n) is 4.37. The predicted molar refractivity (Wildman–Crippen MR) is 115 cm³/mol. The molecular formula is C21H24BrClN2O3. The summed E-state index contributed by atoms with van der Waals surface area (Å²) in [5, 5.41) is 3.34. The van der Waals surface area contributed by atoms with Crippen LogP contribution < -0.4 is 10.1 Å². The number of carbonyl (C=O) groups is 2. The molecular weight excluding hydrogens is 444 g/mol. The quantitative estimate of drug-likeness (QED) is 0.628. The zero-order chi connectivity index (χ0) is 20.7. The minimum Gasteiger partial charge on any atom is -0.483 e. The average Bonchev–Trinajstić information content (AvgIpc) is 2.66. The largest absolute Gasteiger partial charge is 0.483 e. The van der Waals surface area contributed by atoms with Gasteiger partial charge in [-0.1, -0.05) is 35.9 Å². The Morgan fingerprint density at radius 3 is 2.61 bits per heavy atom. The van der Waals surface area contributed by atoms with Crippen molar-refractivity contribution in [2.75, 3.05) is 13.2 Å². The smallest absolute Gasteiger partial charge is 0.261 e. The number of amides is 2. The van der Waals surface area contributed by atoms with Crippen molar-refractivity contribution in [2.24, 2.45) is 0 Å². The van der Waals surface area contributed by atoms with Gasteiger partial charge in [0.2, 0.25) is 5.91 Å². The number of likely N-dealkylation sites (N-methyl/N-ethyl adjacent to an activating group) is 1. The van der Waals surface area contributed by atoms with Gasteiger partial charge in [-0.3, -0.25) is 9.59 Å². The van der Waals surface area contributed by atoms with Crippen LogP contribution in [-0.4, -0.2) is 35.9 Å². The fourth-order valence-electron chi connectivity index (χ4n) is 2.69. The number of hydrogen-bond acceptors (Lipinski definition) is 3. The maximum absolute atomic E-state index is 12.9. The minimum atomic E-state index is -0.621. The topological polar surface area (TPSA) is 58.6 Å². The average molecular weight is 468 g/mol. The summed E-state index contributed by atoms with van der Waals surface area (Å²) in [5.41, 5.74) is 2.05. The molecule has 0 saturated heterocycles. The van der Waals surface area contributed by atoms with E-state index in [-0.39, 0.29) is 18.4 Å². The molecule has 5 nitrogen and oxygen atoms in total. The molecule has 0 unspecified atom stereocenters. The van der Waals surface area contributed by atoms with Gasteiger partial charge in [-0.25, -0.2) is 0 Å². The number of benzene rings is 2. The molecule has 0 saturated carbocycles. The Labute approximate surface area is 179 Å². The molecule has 2 amide bonds. The second-order valence-electron chi connectivity index (χ2n) is 6.38. The number of aryl methyl sites for hydroxylation is 1. The highest BCUT2D eigenvalue weighted by Gasteiger charge is 2.26. The Kier molecular flexibility index (Phi) is 8.33. The van der Waals surface area contributed by atoms with Crippen molar-refractivity contribution < 1.29 is 14.3 Å². The fraction of sp³-hybridized carbons (Fsp3) is 0.333. The fourth-order valence-corrected chi connectivity index (χ4v) is 3.49. The molecule has 0 aliphatic rings. The van der Waals surface area contributed by atoms with E-state index in [9.17, 15) is 9.59 Å². The van der Waals surface area contributed by atoms with Crippen LogP contribution in [0.4, 0.5) is 0 Å². The van der Waals surface area contributed by atoms with E-state index in [1.165, 1.54) is 4.90 Å². The van der Waals surface area contributed by atoms with E-state index in [1.807, 2.05) is 38.1 Å². The van der Waals surface area contributed by atoms with E-state index in [1.54, 1.807) is 25.1 Å². The molecule has 2 aromatic carbocycles. The number of nitrogens with one attached hydrogen (secondary N) is 1. The summed E-state index contributed by atoms with van der Waals surface area (Å²) < 4.78 is 6.33. The molecule has 0 aliphatic heterocycles. The van der Waals surface area contributed by atoms with E-state index >= 15 is 0 Å². The third kappa shape index (κ3) is 5.97. The Morgan fingerprint density at radius 2 is 1.96 bits per heavy atom. The highest BCUT2D eigenvalue weighted by molar-refractivity contribution is 9.10. The normalized spacial score (nSPS) is 11.6. The van der Waals surface area contributed by atoms with Crippen molar-refractivity contribution in [3.05, 3.63) is 63.1 Å². The molecule has 0 aliphatic carbocycles. The van der Waals surface area contributed by atoms with Crippen LogP contribution in [0.15, 0.2) is 46.9 Å². The van der Waals surface area contributed by atoms with Crippen molar-refractivity contribution in [1.29, 1.82) is 0 Å². The van der Waals surface area contributed by atoms with Crippen molar-refractivity contribution >= 4 is 39.3 Å². The lowest BCUT2D eigenvalue weighted by atomic mass is 10.1. The SMILES string of the molecule is CCNC(=O)[C@H](C)N(Cc1ccccc1C)C(=O)COc1ccc(Cl)cc1Br. The molecule has 0 heterocycles. The molecule has 0 radical (unpaired) electrons.